The molecule has 1 amide bonds. The molecule has 4 N–H and O–H groups in total. The Morgan fingerprint density at radius 1 is 1.24 bits per heavy atom. The van der Waals surface area contributed by atoms with E-state index in [2.05, 4.69) is 5.32 Å². The van der Waals surface area contributed by atoms with E-state index in [0.717, 1.165) is 24.8 Å². The minimum atomic E-state index is -0.0628. The van der Waals surface area contributed by atoms with Crippen molar-refractivity contribution in [3.8, 4) is 0 Å². The van der Waals surface area contributed by atoms with Crippen molar-refractivity contribution in [1.29, 1.82) is 0 Å². The van der Waals surface area contributed by atoms with Gasteiger partial charge in [0.15, 0.2) is 0 Å². The predicted molar refractivity (Wildman–Crippen MR) is 67.9 cm³/mol. The molecule has 0 saturated carbocycles. The van der Waals surface area contributed by atoms with Crippen molar-refractivity contribution in [3.63, 3.8) is 0 Å². The molecule has 1 rings (SSSR count). The first kappa shape index (κ1) is 13.7. The van der Waals surface area contributed by atoms with Crippen molar-refractivity contribution < 1.29 is 9.90 Å². The fourth-order valence-corrected chi connectivity index (χ4v) is 1.51. The van der Waals surface area contributed by atoms with Gasteiger partial charge in [0.1, 0.15) is 0 Å². The molecule has 17 heavy (non-hydrogen) atoms. The second kappa shape index (κ2) is 7.81. The standard InChI is InChI=1S/C13H20N2O2/c14-8-2-9-15-13(17)12-6-4-11(5-7-12)3-1-10-16/h4-7,16H,1-3,8-10,14H2,(H,15,17). The molecular weight excluding hydrogens is 216 g/mol. The molecule has 0 aliphatic rings. The lowest BCUT2D eigenvalue weighted by molar-refractivity contribution is 0.0953. The molecule has 0 fully saturated rings. The summed E-state index contributed by atoms with van der Waals surface area (Å²) in [4.78, 5) is 11.7. The number of hydrogen-bond donors (Lipinski definition) is 3. The van der Waals surface area contributed by atoms with Crippen LogP contribution in [0.25, 0.3) is 0 Å². The quantitative estimate of drug-likeness (QED) is 0.610. The maximum Gasteiger partial charge on any atom is 0.251 e. The summed E-state index contributed by atoms with van der Waals surface area (Å²) in [5, 5.41) is 11.5. The van der Waals surface area contributed by atoms with E-state index in [9.17, 15) is 4.79 Å². The van der Waals surface area contributed by atoms with Gasteiger partial charge in [-0.2, -0.15) is 0 Å². The van der Waals surface area contributed by atoms with Crippen molar-refractivity contribution in [1.82, 2.24) is 5.32 Å². The van der Waals surface area contributed by atoms with Crippen LogP contribution in [0.2, 0.25) is 0 Å². The highest BCUT2D eigenvalue weighted by Gasteiger charge is 2.03. The molecule has 0 heterocycles. The molecule has 0 aliphatic carbocycles. The zero-order chi connectivity index (χ0) is 12.5. The largest absolute Gasteiger partial charge is 0.396 e. The summed E-state index contributed by atoms with van der Waals surface area (Å²) >= 11 is 0. The van der Waals surface area contributed by atoms with Crippen molar-refractivity contribution in [2.75, 3.05) is 19.7 Å². The molecule has 0 aliphatic heterocycles. The Bertz CT molecular complexity index is 336. The number of rotatable bonds is 7. The van der Waals surface area contributed by atoms with Gasteiger partial charge in [-0.05, 0) is 43.5 Å². The maximum atomic E-state index is 11.7. The third-order valence-electron chi connectivity index (χ3n) is 2.51. The highest BCUT2D eigenvalue weighted by Crippen LogP contribution is 2.06. The zero-order valence-corrected chi connectivity index (χ0v) is 9.98. The van der Waals surface area contributed by atoms with E-state index in [1.807, 2.05) is 24.3 Å². The van der Waals surface area contributed by atoms with E-state index in [1.165, 1.54) is 0 Å². The monoisotopic (exact) mass is 236 g/mol. The first-order chi connectivity index (χ1) is 8.27. The summed E-state index contributed by atoms with van der Waals surface area (Å²) in [7, 11) is 0. The molecule has 4 nitrogen and oxygen atoms in total. The minimum absolute atomic E-state index is 0.0628. The Hall–Kier alpha value is -1.39. The lowest BCUT2D eigenvalue weighted by atomic mass is 10.1. The summed E-state index contributed by atoms with van der Waals surface area (Å²) in [5.41, 5.74) is 7.15. The van der Waals surface area contributed by atoms with Crippen LogP contribution in [-0.4, -0.2) is 30.7 Å². The SMILES string of the molecule is NCCCNC(=O)c1ccc(CCCO)cc1. The minimum Gasteiger partial charge on any atom is -0.396 e. The Balaban J connectivity index is 2.46. The summed E-state index contributed by atoms with van der Waals surface area (Å²) in [6.45, 7) is 1.39. The first-order valence-electron chi connectivity index (χ1n) is 5.96. The highest BCUT2D eigenvalue weighted by atomic mass is 16.2. The Kier molecular flexibility index (Phi) is 6.29. The average Bonchev–Trinajstić information content (AvgIpc) is 2.37. The van der Waals surface area contributed by atoms with Gasteiger partial charge in [-0.3, -0.25) is 4.79 Å². The van der Waals surface area contributed by atoms with Crippen LogP contribution in [0.1, 0.15) is 28.8 Å². The van der Waals surface area contributed by atoms with Crippen molar-refractivity contribution in [2.24, 2.45) is 5.73 Å². The maximum absolute atomic E-state index is 11.7. The van der Waals surface area contributed by atoms with Crippen LogP contribution in [-0.2, 0) is 6.42 Å². The van der Waals surface area contributed by atoms with Gasteiger partial charge in [-0.1, -0.05) is 12.1 Å². The third-order valence-corrected chi connectivity index (χ3v) is 2.51. The van der Waals surface area contributed by atoms with Crippen molar-refractivity contribution >= 4 is 5.91 Å². The fourth-order valence-electron chi connectivity index (χ4n) is 1.51. The second-order valence-corrected chi connectivity index (χ2v) is 3.92. The van der Waals surface area contributed by atoms with E-state index >= 15 is 0 Å². The molecule has 0 radical (unpaired) electrons. The van der Waals surface area contributed by atoms with Gasteiger partial charge in [0.05, 0.1) is 0 Å². The summed E-state index contributed by atoms with van der Waals surface area (Å²) in [6, 6.07) is 7.47. The van der Waals surface area contributed by atoms with Crippen LogP contribution in [0.5, 0.6) is 0 Å². The van der Waals surface area contributed by atoms with Crippen molar-refractivity contribution in [3.05, 3.63) is 35.4 Å². The van der Waals surface area contributed by atoms with Crippen LogP contribution in [0.15, 0.2) is 24.3 Å². The van der Waals surface area contributed by atoms with Gasteiger partial charge in [-0.25, -0.2) is 0 Å². The summed E-state index contributed by atoms with van der Waals surface area (Å²) < 4.78 is 0. The molecular formula is C13H20N2O2. The number of carbonyl (C=O) groups is 1. The van der Waals surface area contributed by atoms with Gasteiger partial charge in [0.2, 0.25) is 0 Å². The number of hydrogen-bond acceptors (Lipinski definition) is 3. The number of amides is 1. The number of aryl methyl sites for hydroxylation is 1. The van der Waals surface area contributed by atoms with E-state index in [-0.39, 0.29) is 12.5 Å². The van der Waals surface area contributed by atoms with Gasteiger partial charge in [0, 0.05) is 18.7 Å². The lowest BCUT2D eigenvalue weighted by Gasteiger charge is -2.05. The number of nitrogens with two attached hydrogens (primary N) is 1. The van der Waals surface area contributed by atoms with Crippen LogP contribution in [0.4, 0.5) is 0 Å². The molecule has 0 unspecified atom stereocenters. The summed E-state index contributed by atoms with van der Waals surface area (Å²) in [5.74, 6) is -0.0628. The zero-order valence-electron chi connectivity index (χ0n) is 9.98. The van der Waals surface area contributed by atoms with E-state index < -0.39 is 0 Å². The number of carbonyl (C=O) groups excluding carboxylic acids is 1. The summed E-state index contributed by atoms with van der Waals surface area (Å²) in [6.07, 6.45) is 2.38. The molecule has 0 bridgehead atoms. The van der Waals surface area contributed by atoms with Crippen molar-refractivity contribution in [2.45, 2.75) is 19.3 Å². The molecule has 1 aromatic rings. The van der Waals surface area contributed by atoms with Gasteiger partial charge in [-0.15, -0.1) is 0 Å². The lowest BCUT2D eigenvalue weighted by Crippen LogP contribution is -2.25. The van der Waals surface area contributed by atoms with Crippen LogP contribution < -0.4 is 11.1 Å². The normalized spacial score (nSPS) is 10.2. The fraction of sp³-hybridized carbons (Fsp3) is 0.462. The van der Waals surface area contributed by atoms with Gasteiger partial charge >= 0.3 is 0 Å². The first-order valence-corrected chi connectivity index (χ1v) is 5.96. The molecule has 0 saturated heterocycles. The molecule has 1 aromatic carbocycles. The predicted octanol–water partition coefficient (Wildman–Crippen LogP) is 0.690. The Morgan fingerprint density at radius 3 is 2.53 bits per heavy atom. The molecule has 0 aromatic heterocycles. The third kappa shape index (κ3) is 4.97. The molecule has 4 heteroatoms. The van der Waals surface area contributed by atoms with Crippen LogP contribution in [0.3, 0.4) is 0 Å². The number of nitrogens with one attached hydrogen (secondary N) is 1. The van der Waals surface area contributed by atoms with E-state index in [1.54, 1.807) is 0 Å². The van der Waals surface area contributed by atoms with Gasteiger partial charge < -0.3 is 16.2 Å². The molecule has 94 valence electrons. The number of aliphatic hydroxyl groups excluding tert-OH is 1. The van der Waals surface area contributed by atoms with E-state index in [4.69, 9.17) is 10.8 Å². The Morgan fingerprint density at radius 2 is 1.94 bits per heavy atom. The second-order valence-electron chi connectivity index (χ2n) is 3.92. The number of aliphatic hydroxyl groups is 1. The highest BCUT2D eigenvalue weighted by molar-refractivity contribution is 5.94. The van der Waals surface area contributed by atoms with Crippen LogP contribution >= 0.6 is 0 Å². The van der Waals surface area contributed by atoms with E-state index in [0.29, 0.717) is 18.7 Å². The topological polar surface area (TPSA) is 75.3 Å². The molecule has 0 spiro atoms. The smallest absolute Gasteiger partial charge is 0.251 e. The number of benzene rings is 1. The average molecular weight is 236 g/mol. The van der Waals surface area contributed by atoms with Gasteiger partial charge in [0.25, 0.3) is 5.91 Å². The van der Waals surface area contributed by atoms with Crippen LogP contribution in [0, 0.1) is 0 Å². The Labute approximate surface area is 102 Å². The molecule has 0 atom stereocenters.